The summed E-state index contributed by atoms with van der Waals surface area (Å²) >= 11 is 0. The zero-order valence-electron chi connectivity index (χ0n) is 4.60. The SMILES string of the molecule is C[C@]1(N)CONC1=O. The number of carbonyl (C=O) groups is 1. The molecule has 1 atom stereocenters. The lowest BCUT2D eigenvalue weighted by Gasteiger charge is -2.07. The van der Waals surface area contributed by atoms with Gasteiger partial charge in [-0.25, -0.2) is 5.48 Å². The van der Waals surface area contributed by atoms with E-state index < -0.39 is 5.54 Å². The number of amides is 1. The summed E-state index contributed by atoms with van der Waals surface area (Å²) < 4.78 is 0. The van der Waals surface area contributed by atoms with Crippen LogP contribution >= 0.6 is 0 Å². The first kappa shape index (κ1) is 5.53. The van der Waals surface area contributed by atoms with E-state index in [4.69, 9.17) is 5.73 Å². The number of carbonyl (C=O) groups excluding carboxylic acids is 1. The minimum atomic E-state index is -0.819. The number of nitrogens with one attached hydrogen (secondary N) is 1. The Labute approximate surface area is 46.9 Å². The van der Waals surface area contributed by atoms with Gasteiger partial charge < -0.3 is 5.73 Å². The summed E-state index contributed by atoms with van der Waals surface area (Å²) in [6, 6.07) is 0. The third-order valence-corrected chi connectivity index (χ3v) is 1.06. The molecular weight excluding hydrogens is 108 g/mol. The van der Waals surface area contributed by atoms with Crippen molar-refractivity contribution >= 4 is 5.91 Å². The van der Waals surface area contributed by atoms with Crippen molar-refractivity contribution in [3.8, 4) is 0 Å². The van der Waals surface area contributed by atoms with Crippen LogP contribution < -0.4 is 11.2 Å². The zero-order chi connectivity index (χ0) is 6.20. The number of nitrogens with two attached hydrogens (primary N) is 1. The molecule has 1 amide bonds. The topological polar surface area (TPSA) is 64.3 Å². The monoisotopic (exact) mass is 116 g/mol. The van der Waals surface area contributed by atoms with Crippen molar-refractivity contribution in [1.29, 1.82) is 0 Å². The van der Waals surface area contributed by atoms with E-state index in [1.54, 1.807) is 6.92 Å². The van der Waals surface area contributed by atoms with Crippen LogP contribution in [-0.2, 0) is 9.63 Å². The molecule has 4 nitrogen and oxygen atoms in total. The number of hydroxylamine groups is 1. The van der Waals surface area contributed by atoms with Crippen LogP contribution in [-0.4, -0.2) is 18.1 Å². The van der Waals surface area contributed by atoms with Gasteiger partial charge in [0.25, 0.3) is 5.91 Å². The number of hydrogen-bond donors (Lipinski definition) is 2. The van der Waals surface area contributed by atoms with Gasteiger partial charge in [-0.05, 0) is 6.92 Å². The lowest BCUT2D eigenvalue weighted by Crippen LogP contribution is -2.45. The molecule has 0 unspecified atom stereocenters. The molecule has 0 saturated carbocycles. The minimum absolute atomic E-state index is 0.252. The van der Waals surface area contributed by atoms with Crippen molar-refractivity contribution in [2.45, 2.75) is 12.5 Å². The van der Waals surface area contributed by atoms with Gasteiger partial charge in [0.15, 0.2) is 0 Å². The highest BCUT2D eigenvalue weighted by atomic mass is 16.7. The molecule has 46 valence electrons. The van der Waals surface area contributed by atoms with Crippen molar-refractivity contribution < 1.29 is 9.63 Å². The van der Waals surface area contributed by atoms with Crippen molar-refractivity contribution in [3.63, 3.8) is 0 Å². The normalized spacial score (nSPS) is 37.5. The fraction of sp³-hybridized carbons (Fsp3) is 0.750. The quantitative estimate of drug-likeness (QED) is 0.416. The zero-order valence-corrected chi connectivity index (χ0v) is 4.60. The molecule has 0 aromatic heterocycles. The van der Waals surface area contributed by atoms with Gasteiger partial charge in [0.05, 0.1) is 0 Å². The summed E-state index contributed by atoms with van der Waals surface area (Å²) in [6.45, 7) is 1.88. The van der Waals surface area contributed by atoms with Gasteiger partial charge in [-0.1, -0.05) is 0 Å². The first-order valence-electron chi connectivity index (χ1n) is 2.34. The van der Waals surface area contributed by atoms with Crippen LogP contribution in [0.15, 0.2) is 0 Å². The van der Waals surface area contributed by atoms with E-state index in [9.17, 15) is 4.79 Å². The van der Waals surface area contributed by atoms with Gasteiger partial charge in [0.1, 0.15) is 12.1 Å². The summed E-state index contributed by atoms with van der Waals surface area (Å²) in [5.41, 5.74) is 6.71. The summed E-state index contributed by atoms with van der Waals surface area (Å²) in [5.74, 6) is -0.252. The van der Waals surface area contributed by atoms with E-state index in [1.165, 1.54) is 0 Å². The fourth-order valence-corrected chi connectivity index (χ4v) is 0.434. The van der Waals surface area contributed by atoms with Gasteiger partial charge in [0.2, 0.25) is 0 Å². The molecule has 3 N–H and O–H groups in total. The second-order valence-electron chi connectivity index (χ2n) is 2.14. The number of hydrogen-bond acceptors (Lipinski definition) is 3. The molecule has 1 heterocycles. The van der Waals surface area contributed by atoms with Crippen LogP contribution in [0.4, 0.5) is 0 Å². The first-order chi connectivity index (χ1) is 3.63. The molecule has 0 bridgehead atoms. The van der Waals surface area contributed by atoms with Gasteiger partial charge >= 0.3 is 0 Å². The molecule has 1 aliphatic heterocycles. The minimum Gasteiger partial charge on any atom is -0.315 e. The molecule has 1 aliphatic rings. The van der Waals surface area contributed by atoms with E-state index >= 15 is 0 Å². The van der Waals surface area contributed by atoms with Gasteiger partial charge in [-0.15, -0.1) is 0 Å². The van der Waals surface area contributed by atoms with Crippen LogP contribution in [0.25, 0.3) is 0 Å². The van der Waals surface area contributed by atoms with Crippen molar-refractivity contribution in [1.82, 2.24) is 5.48 Å². The van der Waals surface area contributed by atoms with Crippen LogP contribution in [0.5, 0.6) is 0 Å². The Kier molecular flexibility index (Phi) is 0.988. The Bertz CT molecular complexity index is 121. The number of rotatable bonds is 0. The maximum atomic E-state index is 10.5. The summed E-state index contributed by atoms with van der Waals surface area (Å²) in [6.07, 6.45) is 0. The largest absolute Gasteiger partial charge is 0.315 e. The van der Waals surface area contributed by atoms with Crippen molar-refractivity contribution in [2.75, 3.05) is 6.61 Å². The standard InChI is InChI=1S/C4H8N2O2/c1-4(5)2-8-6-3(4)7/h2,5H2,1H3,(H,6,7)/t4-/m0/s1. The van der Waals surface area contributed by atoms with Crippen LogP contribution in [0.3, 0.4) is 0 Å². The van der Waals surface area contributed by atoms with Crippen molar-refractivity contribution in [2.24, 2.45) is 5.73 Å². The first-order valence-corrected chi connectivity index (χ1v) is 2.34. The average molecular weight is 116 g/mol. The van der Waals surface area contributed by atoms with E-state index in [0.29, 0.717) is 0 Å². The van der Waals surface area contributed by atoms with E-state index in [-0.39, 0.29) is 12.5 Å². The maximum Gasteiger partial charge on any atom is 0.265 e. The van der Waals surface area contributed by atoms with Crippen molar-refractivity contribution in [3.05, 3.63) is 0 Å². The Morgan fingerprint density at radius 2 is 2.62 bits per heavy atom. The van der Waals surface area contributed by atoms with Crippen LogP contribution in [0.1, 0.15) is 6.92 Å². The molecule has 0 radical (unpaired) electrons. The van der Waals surface area contributed by atoms with Crippen LogP contribution in [0.2, 0.25) is 0 Å². The smallest absolute Gasteiger partial charge is 0.265 e. The molecule has 0 aliphatic carbocycles. The van der Waals surface area contributed by atoms with E-state index in [1.807, 2.05) is 0 Å². The average Bonchev–Trinajstić information content (AvgIpc) is 1.86. The molecule has 1 saturated heterocycles. The summed E-state index contributed by atoms with van der Waals surface area (Å²) in [4.78, 5) is 15.1. The Morgan fingerprint density at radius 1 is 2.00 bits per heavy atom. The molecule has 4 heteroatoms. The molecule has 1 fully saturated rings. The van der Waals surface area contributed by atoms with E-state index in [2.05, 4.69) is 10.3 Å². The third kappa shape index (κ3) is 0.677. The van der Waals surface area contributed by atoms with Gasteiger partial charge in [-0.2, -0.15) is 0 Å². The fourth-order valence-electron chi connectivity index (χ4n) is 0.434. The predicted molar refractivity (Wildman–Crippen MR) is 26.7 cm³/mol. The molecule has 1 rings (SSSR count). The molecule has 0 aromatic carbocycles. The van der Waals surface area contributed by atoms with E-state index in [0.717, 1.165) is 0 Å². The summed E-state index contributed by atoms with van der Waals surface area (Å²) in [5, 5.41) is 0. The molecule has 8 heavy (non-hydrogen) atoms. The highest BCUT2D eigenvalue weighted by molar-refractivity contribution is 5.86. The summed E-state index contributed by atoms with van der Waals surface area (Å²) in [7, 11) is 0. The molecule has 0 aromatic rings. The molecule has 0 spiro atoms. The third-order valence-electron chi connectivity index (χ3n) is 1.06. The maximum absolute atomic E-state index is 10.5. The lowest BCUT2D eigenvalue weighted by molar-refractivity contribution is -0.126. The predicted octanol–water partition coefficient (Wildman–Crippen LogP) is -1.23. The van der Waals surface area contributed by atoms with Crippen LogP contribution in [0, 0.1) is 0 Å². The highest BCUT2D eigenvalue weighted by Gasteiger charge is 2.34. The van der Waals surface area contributed by atoms with Gasteiger partial charge in [-0.3, -0.25) is 9.63 Å². The Hall–Kier alpha value is -0.610. The molecular formula is C4H8N2O2. The Morgan fingerprint density at radius 3 is 2.75 bits per heavy atom. The second-order valence-corrected chi connectivity index (χ2v) is 2.14. The second kappa shape index (κ2) is 1.43. The van der Waals surface area contributed by atoms with Gasteiger partial charge in [0, 0.05) is 0 Å². The Balaban J connectivity index is 2.68. The lowest BCUT2D eigenvalue weighted by atomic mass is 10.1. The highest BCUT2D eigenvalue weighted by Crippen LogP contribution is 2.04.